The Morgan fingerprint density at radius 2 is 1.92 bits per heavy atom. The van der Waals surface area contributed by atoms with E-state index < -0.39 is 5.97 Å². The lowest BCUT2D eigenvalue weighted by Crippen LogP contribution is -2.18. The molecule has 0 bridgehead atoms. The molecule has 5 heteroatoms. The average molecular weight is 189 g/mol. The van der Waals surface area contributed by atoms with Crippen LogP contribution in [0.15, 0.2) is 12.2 Å². The summed E-state index contributed by atoms with van der Waals surface area (Å²) in [6.45, 7) is 6.79. The molecule has 0 heterocycles. The molecule has 0 spiro atoms. The van der Waals surface area contributed by atoms with Crippen LogP contribution >= 0.6 is 0 Å². The highest BCUT2D eigenvalue weighted by molar-refractivity contribution is 5.84. The average Bonchev–Trinajstić information content (AvgIpc) is 2.05. The predicted molar refractivity (Wildman–Crippen MR) is 48.5 cm³/mol. The predicted octanol–water partition coefficient (Wildman–Crippen LogP) is 1.01. The maximum absolute atomic E-state index is 10.1. The van der Waals surface area contributed by atoms with Crippen molar-refractivity contribution in [1.29, 1.82) is 0 Å². The standard InChI is InChI=1S/C4H9NO2.C4H6O2/c1-3-7-4(6)5-2;1-3(2)4(5)6/h3H2,1-2H3,(H,5,6);1H2,2H3,(H,5,6). The molecule has 0 aliphatic carbocycles. The summed E-state index contributed by atoms with van der Waals surface area (Å²) in [5, 5.41) is 10.2. The van der Waals surface area contributed by atoms with Gasteiger partial charge in [-0.15, -0.1) is 0 Å². The third kappa shape index (κ3) is 13.5. The van der Waals surface area contributed by atoms with Crippen LogP contribution in [0.3, 0.4) is 0 Å². The van der Waals surface area contributed by atoms with Crippen molar-refractivity contribution in [2.75, 3.05) is 13.7 Å². The number of alkyl carbamates (subject to hydrolysis) is 1. The number of aliphatic carboxylic acids is 1. The minimum Gasteiger partial charge on any atom is -0.478 e. The van der Waals surface area contributed by atoms with E-state index in [9.17, 15) is 9.59 Å². The fraction of sp³-hybridized carbons (Fsp3) is 0.500. The van der Waals surface area contributed by atoms with Crippen LogP contribution in [0.4, 0.5) is 4.79 Å². The van der Waals surface area contributed by atoms with Crippen LogP contribution in [0.1, 0.15) is 13.8 Å². The van der Waals surface area contributed by atoms with Crippen LogP contribution in [0, 0.1) is 0 Å². The Kier molecular flexibility index (Phi) is 9.25. The zero-order chi connectivity index (χ0) is 10.9. The van der Waals surface area contributed by atoms with Gasteiger partial charge in [-0.2, -0.15) is 0 Å². The van der Waals surface area contributed by atoms with Crippen LogP contribution in [0.25, 0.3) is 0 Å². The van der Waals surface area contributed by atoms with E-state index >= 15 is 0 Å². The lowest BCUT2D eigenvalue weighted by atomic mass is 10.4. The van der Waals surface area contributed by atoms with Gasteiger partial charge in [-0.3, -0.25) is 0 Å². The van der Waals surface area contributed by atoms with Crippen molar-refractivity contribution in [2.45, 2.75) is 13.8 Å². The summed E-state index contributed by atoms with van der Waals surface area (Å²) >= 11 is 0. The van der Waals surface area contributed by atoms with Gasteiger partial charge in [-0.05, 0) is 13.8 Å². The number of amides is 1. The smallest absolute Gasteiger partial charge is 0.406 e. The Morgan fingerprint density at radius 3 is 2.00 bits per heavy atom. The fourth-order valence-corrected chi connectivity index (χ4v) is 0.203. The van der Waals surface area contributed by atoms with Crippen LogP contribution < -0.4 is 5.32 Å². The Hall–Kier alpha value is -1.52. The number of carboxylic acid groups (broad SMARTS) is 1. The van der Waals surface area contributed by atoms with Gasteiger partial charge in [0.25, 0.3) is 0 Å². The second kappa shape index (κ2) is 8.58. The second-order valence-corrected chi connectivity index (χ2v) is 2.06. The van der Waals surface area contributed by atoms with E-state index in [4.69, 9.17) is 5.11 Å². The molecule has 0 rings (SSSR count). The molecule has 0 unspecified atom stereocenters. The van der Waals surface area contributed by atoms with E-state index in [1.165, 1.54) is 14.0 Å². The van der Waals surface area contributed by atoms with Gasteiger partial charge < -0.3 is 15.2 Å². The Morgan fingerprint density at radius 1 is 1.54 bits per heavy atom. The molecular formula is C8H15NO4. The molecule has 0 atom stereocenters. The molecule has 5 nitrogen and oxygen atoms in total. The highest BCUT2D eigenvalue weighted by atomic mass is 16.5. The zero-order valence-corrected chi connectivity index (χ0v) is 8.09. The van der Waals surface area contributed by atoms with Gasteiger partial charge in [-0.25, -0.2) is 9.59 Å². The molecule has 0 fully saturated rings. The molecule has 0 saturated heterocycles. The maximum atomic E-state index is 10.1. The number of hydrogen-bond acceptors (Lipinski definition) is 3. The van der Waals surface area contributed by atoms with Crippen molar-refractivity contribution in [2.24, 2.45) is 0 Å². The van der Waals surface area contributed by atoms with Crippen molar-refractivity contribution >= 4 is 12.1 Å². The van der Waals surface area contributed by atoms with Crippen LogP contribution in [-0.2, 0) is 9.53 Å². The monoisotopic (exact) mass is 189 g/mol. The van der Waals surface area contributed by atoms with Gasteiger partial charge >= 0.3 is 12.1 Å². The van der Waals surface area contributed by atoms with E-state index in [-0.39, 0.29) is 11.7 Å². The summed E-state index contributed by atoms with van der Waals surface area (Å²) in [6, 6.07) is 0. The summed E-state index contributed by atoms with van der Waals surface area (Å²) in [5.41, 5.74) is 0.176. The van der Waals surface area contributed by atoms with Gasteiger partial charge in [0, 0.05) is 12.6 Å². The normalized spacial score (nSPS) is 7.62. The van der Waals surface area contributed by atoms with Gasteiger partial charge in [-0.1, -0.05) is 6.58 Å². The SMILES string of the molecule is C=C(C)C(=O)O.CCOC(=O)NC. The first-order chi connectivity index (χ1) is 5.95. The molecule has 13 heavy (non-hydrogen) atoms. The minimum atomic E-state index is -0.935. The summed E-state index contributed by atoms with van der Waals surface area (Å²) in [6.07, 6.45) is -0.373. The molecule has 0 aliphatic rings. The first-order valence-electron chi connectivity index (χ1n) is 3.69. The first kappa shape index (κ1) is 14.0. The van der Waals surface area contributed by atoms with Gasteiger partial charge in [0.05, 0.1) is 6.61 Å². The van der Waals surface area contributed by atoms with Crippen molar-refractivity contribution < 1.29 is 19.4 Å². The Balaban J connectivity index is 0. The van der Waals surface area contributed by atoms with Gasteiger partial charge in [0.2, 0.25) is 0 Å². The van der Waals surface area contributed by atoms with E-state index in [0.29, 0.717) is 6.61 Å². The number of rotatable bonds is 2. The number of carboxylic acids is 1. The van der Waals surface area contributed by atoms with Crippen molar-refractivity contribution in [1.82, 2.24) is 5.32 Å². The molecule has 0 aromatic carbocycles. The molecule has 0 saturated carbocycles. The molecule has 0 aliphatic heterocycles. The highest BCUT2D eigenvalue weighted by Gasteiger charge is 1.90. The van der Waals surface area contributed by atoms with Crippen molar-refractivity contribution in [3.05, 3.63) is 12.2 Å². The number of hydrogen-bond donors (Lipinski definition) is 2. The lowest BCUT2D eigenvalue weighted by molar-refractivity contribution is -0.132. The molecule has 1 amide bonds. The van der Waals surface area contributed by atoms with Gasteiger partial charge in [0.15, 0.2) is 0 Å². The quantitative estimate of drug-likeness (QED) is 0.635. The highest BCUT2D eigenvalue weighted by Crippen LogP contribution is 1.81. The van der Waals surface area contributed by atoms with E-state index in [0.717, 1.165) is 0 Å². The van der Waals surface area contributed by atoms with Crippen molar-refractivity contribution in [3.8, 4) is 0 Å². The van der Waals surface area contributed by atoms with Crippen LogP contribution in [-0.4, -0.2) is 30.8 Å². The fourth-order valence-electron chi connectivity index (χ4n) is 0.203. The molecular weight excluding hydrogens is 174 g/mol. The van der Waals surface area contributed by atoms with Crippen LogP contribution in [0.5, 0.6) is 0 Å². The third-order valence-corrected chi connectivity index (χ3v) is 0.845. The van der Waals surface area contributed by atoms with E-state index in [1.807, 2.05) is 0 Å². The van der Waals surface area contributed by atoms with Crippen LogP contribution in [0.2, 0.25) is 0 Å². The summed E-state index contributed by atoms with van der Waals surface area (Å²) < 4.78 is 4.44. The largest absolute Gasteiger partial charge is 0.478 e. The Bertz CT molecular complexity index is 177. The first-order valence-corrected chi connectivity index (χ1v) is 3.69. The molecule has 0 radical (unpaired) electrons. The number of carbonyl (C=O) groups excluding carboxylic acids is 1. The Labute approximate surface area is 77.4 Å². The second-order valence-electron chi connectivity index (χ2n) is 2.06. The molecule has 0 aromatic heterocycles. The third-order valence-electron chi connectivity index (χ3n) is 0.845. The number of nitrogens with one attached hydrogen (secondary N) is 1. The minimum absolute atomic E-state index is 0.176. The molecule has 2 N–H and O–H groups in total. The molecule has 76 valence electrons. The van der Waals surface area contributed by atoms with E-state index in [1.54, 1.807) is 6.92 Å². The van der Waals surface area contributed by atoms with Gasteiger partial charge in [0.1, 0.15) is 0 Å². The van der Waals surface area contributed by atoms with E-state index in [2.05, 4.69) is 16.6 Å². The summed E-state index contributed by atoms with van der Waals surface area (Å²) in [7, 11) is 1.53. The maximum Gasteiger partial charge on any atom is 0.406 e. The zero-order valence-electron chi connectivity index (χ0n) is 8.09. The van der Waals surface area contributed by atoms with Crippen molar-refractivity contribution in [3.63, 3.8) is 0 Å². The summed E-state index contributed by atoms with van der Waals surface area (Å²) in [5.74, 6) is -0.935. The number of ether oxygens (including phenoxy) is 1. The lowest BCUT2D eigenvalue weighted by Gasteiger charge is -1.95. The number of carbonyl (C=O) groups is 2. The summed E-state index contributed by atoms with van der Waals surface area (Å²) in [4.78, 5) is 19.7. The topological polar surface area (TPSA) is 75.6 Å². The molecule has 0 aromatic rings.